The number of ether oxygens (including phenoxy) is 1. The van der Waals surface area contributed by atoms with E-state index in [1.165, 1.54) is 6.42 Å². The van der Waals surface area contributed by atoms with Crippen LogP contribution in [0.5, 0.6) is 0 Å². The van der Waals surface area contributed by atoms with E-state index in [0.717, 1.165) is 44.4 Å². The van der Waals surface area contributed by atoms with E-state index in [1.807, 2.05) is 20.8 Å². The van der Waals surface area contributed by atoms with Crippen LogP contribution in [0.2, 0.25) is 0 Å². The molecule has 0 unspecified atom stereocenters. The van der Waals surface area contributed by atoms with E-state index in [1.54, 1.807) is 0 Å². The highest BCUT2D eigenvalue weighted by atomic mass is 16.6. The number of piperidine rings is 2. The summed E-state index contributed by atoms with van der Waals surface area (Å²) in [5.74, 6) is 1.47. The smallest absolute Gasteiger partial charge is 0.310 e. The van der Waals surface area contributed by atoms with Crippen LogP contribution in [-0.2, 0) is 9.53 Å². The Hall–Kier alpha value is -0.610. The van der Waals surface area contributed by atoms with Crippen molar-refractivity contribution in [3.05, 3.63) is 0 Å². The van der Waals surface area contributed by atoms with Crippen molar-refractivity contribution in [2.45, 2.75) is 59.1 Å². The highest BCUT2D eigenvalue weighted by Crippen LogP contribution is 2.26. The van der Waals surface area contributed by atoms with Crippen molar-refractivity contribution < 1.29 is 9.53 Å². The molecule has 0 radical (unpaired) electrons. The number of rotatable bonds is 2. The fraction of sp³-hybridized carbons (Fsp3) is 0.941. The van der Waals surface area contributed by atoms with E-state index in [-0.39, 0.29) is 11.9 Å². The zero-order valence-electron chi connectivity index (χ0n) is 14.3. The summed E-state index contributed by atoms with van der Waals surface area (Å²) >= 11 is 0. The summed E-state index contributed by atoms with van der Waals surface area (Å²) < 4.78 is 5.56. The van der Waals surface area contributed by atoms with Gasteiger partial charge in [-0.2, -0.15) is 0 Å². The summed E-state index contributed by atoms with van der Waals surface area (Å²) in [6, 6.07) is 0.474. The van der Waals surface area contributed by atoms with Crippen LogP contribution in [0.1, 0.15) is 47.5 Å². The number of nitrogens with one attached hydrogen (secondary N) is 1. The number of hydrogen-bond donors (Lipinski definition) is 1. The summed E-state index contributed by atoms with van der Waals surface area (Å²) in [7, 11) is 0. The summed E-state index contributed by atoms with van der Waals surface area (Å²) in [4.78, 5) is 14.9. The molecule has 0 aromatic rings. The van der Waals surface area contributed by atoms with E-state index >= 15 is 0 Å². The van der Waals surface area contributed by atoms with E-state index in [2.05, 4.69) is 24.1 Å². The maximum absolute atomic E-state index is 12.3. The van der Waals surface area contributed by atoms with Gasteiger partial charge in [0.1, 0.15) is 5.60 Å². The molecule has 2 rings (SSSR count). The van der Waals surface area contributed by atoms with E-state index < -0.39 is 5.60 Å². The lowest BCUT2D eigenvalue weighted by atomic mass is 9.88. The van der Waals surface area contributed by atoms with Gasteiger partial charge >= 0.3 is 5.97 Å². The maximum Gasteiger partial charge on any atom is 0.310 e. The van der Waals surface area contributed by atoms with Crippen LogP contribution in [0.3, 0.4) is 0 Å². The molecule has 2 heterocycles. The molecule has 0 aromatic heterocycles. The SMILES string of the molecule is C[C@@H]1C[C@H](C)CN([C@@H]2CNC[C@@H](C(=O)OC(C)(C)C)C2)C1. The van der Waals surface area contributed by atoms with Crippen LogP contribution in [0.4, 0.5) is 0 Å². The Morgan fingerprint density at radius 2 is 1.71 bits per heavy atom. The number of esters is 1. The monoisotopic (exact) mass is 296 g/mol. The number of carbonyl (C=O) groups is 1. The molecule has 0 aromatic carbocycles. The van der Waals surface area contributed by atoms with E-state index in [9.17, 15) is 4.79 Å². The first-order valence-electron chi connectivity index (χ1n) is 8.42. The Balaban J connectivity index is 1.92. The summed E-state index contributed by atoms with van der Waals surface area (Å²) in [6.45, 7) is 14.6. The van der Waals surface area contributed by atoms with E-state index in [4.69, 9.17) is 4.74 Å². The molecule has 4 nitrogen and oxygen atoms in total. The minimum Gasteiger partial charge on any atom is -0.460 e. The van der Waals surface area contributed by atoms with Crippen LogP contribution < -0.4 is 5.32 Å². The average molecular weight is 296 g/mol. The maximum atomic E-state index is 12.3. The Kier molecular flexibility index (Phi) is 5.31. The zero-order valence-corrected chi connectivity index (χ0v) is 14.3. The second-order valence-electron chi connectivity index (χ2n) is 8.18. The van der Waals surface area contributed by atoms with Crippen LogP contribution in [-0.4, -0.2) is 48.7 Å². The van der Waals surface area contributed by atoms with Gasteiger partial charge in [0.15, 0.2) is 0 Å². The number of nitrogens with zero attached hydrogens (tertiary/aromatic N) is 1. The van der Waals surface area contributed by atoms with Gasteiger partial charge in [-0.25, -0.2) is 0 Å². The quantitative estimate of drug-likeness (QED) is 0.794. The Bertz CT molecular complexity index is 354. The molecule has 0 amide bonds. The first-order valence-corrected chi connectivity index (χ1v) is 8.42. The zero-order chi connectivity index (χ0) is 15.6. The molecule has 2 fully saturated rings. The standard InChI is InChI=1S/C17H32N2O2/c1-12-6-13(2)11-19(10-12)15-7-14(8-18-9-15)16(20)21-17(3,4)5/h12-15,18H,6-11H2,1-5H3/t12-,13+,14-,15-/m0/s1. The van der Waals surface area contributed by atoms with Crippen molar-refractivity contribution in [1.82, 2.24) is 10.2 Å². The van der Waals surface area contributed by atoms with Crippen LogP contribution in [0.15, 0.2) is 0 Å². The molecule has 0 aliphatic carbocycles. The van der Waals surface area contributed by atoms with Gasteiger partial charge in [0.25, 0.3) is 0 Å². The highest BCUT2D eigenvalue weighted by molar-refractivity contribution is 5.73. The first kappa shape index (κ1) is 16.8. The molecular formula is C17H32N2O2. The molecule has 122 valence electrons. The Morgan fingerprint density at radius 1 is 1.10 bits per heavy atom. The molecule has 4 atom stereocenters. The second-order valence-corrected chi connectivity index (χ2v) is 8.18. The topological polar surface area (TPSA) is 41.6 Å². The molecule has 0 spiro atoms. The van der Waals surface area contributed by atoms with Crippen LogP contribution in [0, 0.1) is 17.8 Å². The van der Waals surface area contributed by atoms with Gasteiger partial charge in [0.05, 0.1) is 5.92 Å². The van der Waals surface area contributed by atoms with Crippen molar-refractivity contribution >= 4 is 5.97 Å². The molecule has 21 heavy (non-hydrogen) atoms. The van der Waals surface area contributed by atoms with Crippen molar-refractivity contribution in [2.24, 2.45) is 17.8 Å². The molecule has 2 saturated heterocycles. The molecule has 4 heteroatoms. The van der Waals surface area contributed by atoms with Gasteiger partial charge < -0.3 is 10.1 Å². The third-order valence-electron chi connectivity index (χ3n) is 4.48. The predicted octanol–water partition coefficient (Wildman–Crippen LogP) is 2.28. The minimum absolute atomic E-state index is 0.00415. The Labute approximate surface area is 129 Å². The van der Waals surface area contributed by atoms with Crippen LogP contribution >= 0.6 is 0 Å². The third-order valence-corrected chi connectivity index (χ3v) is 4.48. The fourth-order valence-corrected chi connectivity index (χ4v) is 3.77. The lowest BCUT2D eigenvalue weighted by Crippen LogP contribution is -2.54. The molecule has 0 bridgehead atoms. The summed E-state index contributed by atoms with van der Waals surface area (Å²) in [5, 5.41) is 3.44. The van der Waals surface area contributed by atoms with Crippen molar-refractivity contribution in [3.8, 4) is 0 Å². The van der Waals surface area contributed by atoms with Gasteiger partial charge in [-0.1, -0.05) is 13.8 Å². The van der Waals surface area contributed by atoms with Crippen molar-refractivity contribution in [2.75, 3.05) is 26.2 Å². The van der Waals surface area contributed by atoms with Crippen LogP contribution in [0.25, 0.3) is 0 Å². The number of carbonyl (C=O) groups excluding carboxylic acids is 1. The molecule has 2 aliphatic heterocycles. The minimum atomic E-state index is -0.391. The molecule has 0 saturated carbocycles. The predicted molar refractivity (Wildman–Crippen MR) is 85.1 cm³/mol. The molecular weight excluding hydrogens is 264 g/mol. The largest absolute Gasteiger partial charge is 0.460 e. The third kappa shape index (κ3) is 4.96. The first-order chi connectivity index (χ1) is 9.74. The normalized spacial score (nSPS) is 35.5. The van der Waals surface area contributed by atoms with Crippen molar-refractivity contribution in [1.29, 1.82) is 0 Å². The van der Waals surface area contributed by atoms with E-state index in [0.29, 0.717) is 6.04 Å². The summed E-state index contributed by atoms with van der Waals surface area (Å²) in [5.41, 5.74) is -0.391. The van der Waals surface area contributed by atoms with Gasteiger partial charge in [0, 0.05) is 32.2 Å². The lowest BCUT2D eigenvalue weighted by Gasteiger charge is -2.43. The average Bonchev–Trinajstić information content (AvgIpc) is 2.36. The van der Waals surface area contributed by atoms with Gasteiger partial charge in [-0.15, -0.1) is 0 Å². The second kappa shape index (κ2) is 6.66. The molecule has 2 aliphatic rings. The Morgan fingerprint density at radius 3 is 2.29 bits per heavy atom. The number of hydrogen-bond acceptors (Lipinski definition) is 4. The summed E-state index contributed by atoms with van der Waals surface area (Å²) in [6.07, 6.45) is 2.26. The van der Waals surface area contributed by atoms with Crippen molar-refractivity contribution in [3.63, 3.8) is 0 Å². The lowest BCUT2D eigenvalue weighted by molar-refractivity contribution is -0.161. The fourth-order valence-electron chi connectivity index (χ4n) is 3.77. The van der Waals surface area contributed by atoms with Gasteiger partial charge in [-0.05, 0) is 45.4 Å². The molecule has 1 N–H and O–H groups in total. The highest BCUT2D eigenvalue weighted by Gasteiger charge is 2.35. The van der Waals surface area contributed by atoms with Gasteiger partial charge in [0.2, 0.25) is 0 Å². The van der Waals surface area contributed by atoms with Gasteiger partial charge in [-0.3, -0.25) is 9.69 Å². The number of likely N-dealkylation sites (tertiary alicyclic amines) is 1.